The highest BCUT2D eigenvalue weighted by molar-refractivity contribution is 8.00. The van der Waals surface area contributed by atoms with E-state index >= 15 is 0 Å². The van der Waals surface area contributed by atoms with E-state index in [9.17, 15) is 4.79 Å². The summed E-state index contributed by atoms with van der Waals surface area (Å²) < 4.78 is 0. The SMILES string of the molecule is O=C(Nc1nccs1)C(SC1CCCC1)c1ccc(Cl)c(Cl)c1. The van der Waals surface area contributed by atoms with Crippen molar-refractivity contribution >= 4 is 57.3 Å². The second kappa shape index (κ2) is 7.88. The normalized spacial score (nSPS) is 16.4. The zero-order chi connectivity index (χ0) is 16.2. The highest BCUT2D eigenvalue weighted by Gasteiger charge is 2.28. The standard InChI is InChI=1S/C16H16Cl2N2OS2/c17-12-6-5-10(9-13(12)18)14(23-11-3-1-2-4-11)15(21)20-16-19-7-8-22-16/h5-9,11,14H,1-4H2,(H,19,20,21). The van der Waals surface area contributed by atoms with Crippen molar-refractivity contribution in [3.8, 4) is 0 Å². The third-order valence-corrected chi connectivity index (χ3v) is 6.82. The van der Waals surface area contributed by atoms with Crippen LogP contribution in [0.1, 0.15) is 36.5 Å². The number of aromatic nitrogens is 1. The molecule has 1 fully saturated rings. The number of hydrogen-bond acceptors (Lipinski definition) is 4. The van der Waals surface area contributed by atoms with Crippen molar-refractivity contribution in [1.29, 1.82) is 0 Å². The molecular weight excluding hydrogens is 371 g/mol. The first kappa shape index (κ1) is 17.1. The number of halogens is 2. The van der Waals surface area contributed by atoms with Gasteiger partial charge in [-0.3, -0.25) is 4.79 Å². The summed E-state index contributed by atoms with van der Waals surface area (Å²) in [4.78, 5) is 16.9. The van der Waals surface area contributed by atoms with Crippen molar-refractivity contribution in [3.05, 3.63) is 45.4 Å². The molecule has 1 N–H and O–H groups in total. The van der Waals surface area contributed by atoms with Gasteiger partial charge >= 0.3 is 0 Å². The number of anilines is 1. The van der Waals surface area contributed by atoms with E-state index in [0.29, 0.717) is 20.4 Å². The summed E-state index contributed by atoms with van der Waals surface area (Å²) in [5, 5.41) is 6.54. The number of thioether (sulfide) groups is 1. The Labute approximate surface area is 153 Å². The van der Waals surface area contributed by atoms with Crippen LogP contribution in [0.4, 0.5) is 5.13 Å². The summed E-state index contributed by atoms with van der Waals surface area (Å²) in [6, 6.07) is 5.41. The number of amides is 1. The molecule has 3 nitrogen and oxygen atoms in total. The molecule has 0 aliphatic heterocycles. The number of carbonyl (C=O) groups is 1. The van der Waals surface area contributed by atoms with Crippen LogP contribution in [0.15, 0.2) is 29.8 Å². The van der Waals surface area contributed by atoms with Gasteiger partial charge in [-0.2, -0.15) is 0 Å². The molecule has 0 spiro atoms. The molecule has 1 saturated carbocycles. The van der Waals surface area contributed by atoms with Crippen molar-refractivity contribution in [2.24, 2.45) is 0 Å². The molecule has 1 aromatic heterocycles. The quantitative estimate of drug-likeness (QED) is 0.704. The van der Waals surface area contributed by atoms with Crippen LogP contribution in [-0.2, 0) is 4.79 Å². The predicted molar refractivity (Wildman–Crippen MR) is 99.8 cm³/mol. The molecule has 0 bridgehead atoms. The van der Waals surface area contributed by atoms with Gasteiger partial charge in [0, 0.05) is 16.8 Å². The van der Waals surface area contributed by atoms with Crippen molar-refractivity contribution in [2.45, 2.75) is 36.2 Å². The average molecular weight is 387 g/mol. The zero-order valence-corrected chi connectivity index (χ0v) is 15.4. The summed E-state index contributed by atoms with van der Waals surface area (Å²) in [6.07, 6.45) is 6.47. The van der Waals surface area contributed by atoms with Crippen LogP contribution >= 0.6 is 46.3 Å². The van der Waals surface area contributed by atoms with E-state index in [1.54, 1.807) is 30.1 Å². The van der Waals surface area contributed by atoms with Crippen molar-refractivity contribution in [3.63, 3.8) is 0 Å². The number of nitrogens with one attached hydrogen (secondary N) is 1. The van der Waals surface area contributed by atoms with E-state index in [0.717, 1.165) is 18.4 Å². The first-order valence-corrected chi connectivity index (χ1v) is 10.0. The van der Waals surface area contributed by atoms with Gasteiger partial charge in [0.25, 0.3) is 0 Å². The van der Waals surface area contributed by atoms with Gasteiger partial charge in [0.2, 0.25) is 5.91 Å². The fraction of sp³-hybridized carbons (Fsp3) is 0.375. The number of thiazole rings is 1. The first-order valence-electron chi connectivity index (χ1n) is 7.44. The van der Waals surface area contributed by atoms with Gasteiger partial charge < -0.3 is 5.32 Å². The van der Waals surface area contributed by atoms with E-state index in [1.165, 1.54) is 24.2 Å². The van der Waals surface area contributed by atoms with Gasteiger partial charge in [0.05, 0.1) is 10.0 Å². The summed E-state index contributed by atoms with van der Waals surface area (Å²) in [6.45, 7) is 0. The van der Waals surface area contributed by atoms with E-state index in [2.05, 4.69) is 10.3 Å². The van der Waals surface area contributed by atoms with Crippen LogP contribution < -0.4 is 5.32 Å². The maximum atomic E-state index is 12.8. The molecule has 1 aliphatic carbocycles. The van der Waals surface area contributed by atoms with Crippen molar-refractivity contribution in [1.82, 2.24) is 4.98 Å². The Morgan fingerprint density at radius 3 is 2.74 bits per heavy atom. The summed E-state index contributed by atoms with van der Waals surface area (Å²) in [7, 11) is 0. The minimum Gasteiger partial charge on any atom is -0.301 e. The third-order valence-electron chi connectivity index (χ3n) is 3.78. The molecule has 7 heteroatoms. The van der Waals surface area contributed by atoms with Crippen molar-refractivity contribution < 1.29 is 4.79 Å². The number of nitrogens with zero attached hydrogens (tertiary/aromatic N) is 1. The lowest BCUT2D eigenvalue weighted by Crippen LogP contribution is -2.20. The molecule has 1 aromatic carbocycles. The number of rotatable bonds is 5. The number of carbonyl (C=O) groups excluding carboxylic acids is 1. The number of benzene rings is 1. The van der Waals surface area contributed by atoms with Gasteiger partial charge in [-0.15, -0.1) is 23.1 Å². The monoisotopic (exact) mass is 386 g/mol. The molecule has 1 heterocycles. The van der Waals surface area contributed by atoms with E-state index in [-0.39, 0.29) is 11.2 Å². The lowest BCUT2D eigenvalue weighted by molar-refractivity contribution is -0.115. The summed E-state index contributed by atoms with van der Waals surface area (Å²) in [5.41, 5.74) is 0.880. The van der Waals surface area contributed by atoms with Crippen LogP contribution in [0.3, 0.4) is 0 Å². The highest BCUT2D eigenvalue weighted by Crippen LogP contribution is 2.41. The van der Waals surface area contributed by atoms with Crippen LogP contribution in [-0.4, -0.2) is 16.1 Å². The molecule has 1 aliphatic rings. The molecule has 1 unspecified atom stereocenters. The van der Waals surface area contributed by atoms with Crippen LogP contribution in [0.25, 0.3) is 0 Å². The fourth-order valence-corrected chi connectivity index (χ4v) is 4.96. The third kappa shape index (κ3) is 4.41. The molecule has 122 valence electrons. The molecule has 3 rings (SSSR count). The Balaban J connectivity index is 1.82. The Bertz CT molecular complexity index is 673. The lowest BCUT2D eigenvalue weighted by atomic mass is 10.1. The lowest BCUT2D eigenvalue weighted by Gasteiger charge is -2.20. The van der Waals surface area contributed by atoms with Crippen LogP contribution in [0.2, 0.25) is 10.0 Å². The Hall–Kier alpha value is -0.750. The Morgan fingerprint density at radius 1 is 1.30 bits per heavy atom. The minimum atomic E-state index is -0.309. The van der Waals surface area contributed by atoms with Crippen LogP contribution in [0, 0.1) is 0 Å². The van der Waals surface area contributed by atoms with Gasteiger partial charge in [-0.25, -0.2) is 4.98 Å². The molecular formula is C16H16Cl2N2OS2. The Morgan fingerprint density at radius 2 is 2.09 bits per heavy atom. The summed E-state index contributed by atoms with van der Waals surface area (Å²) in [5.74, 6) is -0.0600. The minimum absolute atomic E-state index is 0.0600. The predicted octanol–water partition coefficient (Wildman–Crippen LogP) is 5.81. The second-order valence-electron chi connectivity index (χ2n) is 5.42. The van der Waals surface area contributed by atoms with Gasteiger partial charge in [0.15, 0.2) is 5.13 Å². The first-order chi connectivity index (χ1) is 11.1. The maximum Gasteiger partial charge on any atom is 0.243 e. The van der Waals surface area contributed by atoms with Crippen molar-refractivity contribution in [2.75, 3.05) is 5.32 Å². The van der Waals surface area contributed by atoms with Gasteiger partial charge in [-0.05, 0) is 30.5 Å². The smallest absolute Gasteiger partial charge is 0.243 e. The van der Waals surface area contributed by atoms with Gasteiger partial charge in [0.1, 0.15) is 5.25 Å². The van der Waals surface area contributed by atoms with Gasteiger partial charge in [-0.1, -0.05) is 42.1 Å². The average Bonchev–Trinajstić information content (AvgIpc) is 3.21. The summed E-state index contributed by atoms with van der Waals surface area (Å²) >= 11 is 15.3. The van der Waals surface area contributed by atoms with Crippen LogP contribution in [0.5, 0.6) is 0 Å². The second-order valence-corrected chi connectivity index (χ2v) is 8.54. The zero-order valence-electron chi connectivity index (χ0n) is 12.3. The topological polar surface area (TPSA) is 42.0 Å². The largest absolute Gasteiger partial charge is 0.301 e. The molecule has 0 saturated heterocycles. The molecule has 1 atom stereocenters. The van der Waals surface area contributed by atoms with E-state index in [1.807, 2.05) is 11.4 Å². The van der Waals surface area contributed by atoms with E-state index in [4.69, 9.17) is 23.2 Å². The number of hydrogen-bond donors (Lipinski definition) is 1. The highest BCUT2D eigenvalue weighted by atomic mass is 35.5. The fourth-order valence-electron chi connectivity index (χ4n) is 2.64. The maximum absolute atomic E-state index is 12.8. The van der Waals surface area contributed by atoms with E-state index < -0.39 is 0 Å². The molecule has 1 amide bonds. The molecule has 0 radical (unpaired) electrons. The molecule has 23 heavy (non-hydrogen) atoms. The Kier molecular flexibility index (Phi) is 5.85. The molecule has 2 aromatic rings.